The molecule has 0 aromatic carbocycles. The van der Waals surface area contributed by atoms with E-state index in [1.807, 2.05) is 19.0 Å². The lowest BCUT2D eigenvalue weighted by Gasteiger charge is -2.14. The molecule has 1 aromatic rings. The molecule has 0 bridgehead atoms. The summed E-state index contributed by atoms with van der Waals surface area (Å²) in [5.74, 6) is 1.64. The maximum atomic E-state index is 9.60. The van der Waals surface area contributed by atoms with Crippen LogP contribution >= 0.6 is 0 Å². The van der Waals surface area contributed by atoms with E-state index >= 15 is 0 Å². The molecule has 3 N–H and O–H groups in total. The monoisotopic (exact) mass is 298 g/mol. The first-order valence-electron chi connectivity index (χ1n) is 7.15. The van der Waals surface area contributed by atoms with Crippen molar-refractivity contribution in [2.45, 2.75) is 25.9 Å². The zero-order chi connectivity index (χ0) is 15.7. The molecule has 0 aliphatic heterocycles. The van der Waals surface area contributed by atoms with Gasteiger partial charge in [0.2, 0.25) is 17.8 Å². The number of aromatic nitrogens is 3. The standard InChI is InChI=1S/C13H26N6O2/c1-5-7-14-11-16-12(18-13(17-11)19(2)3)15-8-6-10(20)9-21-4/h10,20H,5-9H2,1-4H3,(H2,14,15,16,17,18). The summed E-state index contributed by atoms with van der Waals surface area (Å²) in [6, 6.07) is 0. The third-order valence-corrected chi connectivity index (χ3v) is 2.68. The van der Waals surface area contributed by atoms with Gasteiger partial charge >= 0.3 is 0 Å². The topological polar surface area (TPSA) is 95.4 Å². The van der Waals surface area contributed by atoms with Crippen LogP contribution in [0, 0.1) is 0 Å². The highest BCUT2D eigenvalue weighted by molar-refractivity contribution is 5.42. The maximum Gasteiger partial charge on any atom is 0.231 e. The first-order valence-corrected chi connectivity index (χ1v) is 7.15. The maximum absolute atomic E-state index is 9.60. The van der Waals surface area contributed by atoms with Gasteiger partial charge in [0.1, 0.15) is 0 Å². The first-order chi connectivity index (χ1) is 10.1. The van der Waals surface area contributed by atoms with E-state index in [2.05, 4.69) is 32.5 Å². The van der Waals surface area contributed by atoms with E-state index in [0.29, 0.717) is 37.4 Å². The van der Waals surface area contributed by atoms with Crippen LogP contribution in [0.5, 0.6) is 0 Å². The summed E-state index contributed by atoms with van der Waals surface area (Å²) < 4.78 is 4.88. The van der Waals surface area contributed by atoms with E-state index < -0.39 is 6.10 Å². The summed E-state index contributed by atoms with van der Waals surface area (Å²) in [5, 5.41) is 15.9. The van der Waals surface area contributed by atoms with E-state index in [9.17, 15) is 5.11 Å². The van der Waals surface area contributed by atoms with Gasteiger partial charge in [0.15, 0.2) is 0 Å². The van der Waals surface area contributed by atoms with Crippen LogP contribution in [0.4, 0.5) is 17.8 Å². The smallest absolute Gasteiger partial charge is 0.231 e. The number of rotatable bonds is 10. The Morgan fingerprint density at radius 2 is 1.76 bits per heavy atom. The molecule has 0 aliphatic rings. The molecule has 0 aliphatic carbocycles. The van der Waals surface area contributed by atoms with Crippen molar-refractivity contribution >= 4 is 17.8 Å². The second-order valence-corrected chi connectivity index (χ2v) is 4.93. The Morgan fingerprint density at radius 1 is 1.14 bits per heavy atom. The molecule has 1 aromatic heterocycles. The van der Waals surface area contributed by atoms with Gasteiger partial charge in [0.25, 0.3) is 0 Å². The second kappa shape index (κ2) is 9.30. The van der Waals surface area contributed by atoms with Gasteiger partial charge in [-0.3, -0.25) is 0 Å². The van der Waals surface area contributed by atoms with Gasteiger partial charge in [-0.1, -0.05) is 6.92 Å². The van der Waals surface area contributed by atoms with Gasteiger partial charge in [-0.25, -0.2) is 0 Å². The fourth-order valence-corrected chi connectivity index (χ4v) is 1.59. The predicted octanol–water partition coefficient (Wildman–Crippen LogP) is 0.569. The lowest BCUT2D eigenvalue weighted by atomic mass is 10.3. The fourth-order valence-electron chi connectivity index (χ4n) is 1.59. The summed E-state index contributed by atoms with van der Waals surface area (Å²) in [7, 11) is 5.33. The zero-order valence-electron chi connectivity index (χ0n) is 13.3. The van der Waals surface area contributed by atoms with Gasteiger partial charge in [0.05, 0.1) is 12.7 Å². The van der Waals surface area contributed by atoms with E-state index in [4.69, 9.17) is 4.74 Å². The number of anilines is 3. The Morgan fingerprint density at radius 3 is 2.29 bits per heavy atom. The minimum atomic E-state index is -0.490. The number of nitrogens with zero attached hydrogens (tertiary/aromatic N) is 4. The highest BCUT2D eigenvalue weighted by Crippen LogP contribution is 2.11. The van der Waals surface area contributed by atoms with Crippen LogP contribution in [0.2, 0.25) is 0 Å². The van der Waals surface area contributed by atoms with Crippen LogP contribution in [0.15, 0.2) is 0 Å². The van der Waals surface area contributed by atoms with Crippen LogP contribution in [0.1, 0.15) is 19.8 Å². The number of hydrogen-bond donors (Lipinski definition) is 3. The molecule has 0 saturated heterocycles. The molecule has 8 heteroatoms. The quantitative estimate of drug-likeness (QED) is 0.577. The molecule has 0 amide bonds. The summed E-state index contributed by atoms with van der Waals surface area (Å²) >= 11 is 0. The largest absolute Gasteiger partial charge is 0.391 e. The van der Waals surface area contributed by atoms with Gasteiger partial charge in [-0.2, -0.15) is 15.0 Å². The average molecular weight is 298 g/mol. The number of ether oxygens (including phenoxy) is 1. The molecule has 120 valence electrons. The Bertz CT molecular complexity index is 416. The molecule has 1 unspecified atom stereocenters. The number of hydrogen-bond acceptors (Lipinski definition) is 8. The SMILES string of the molecule is CCCNc1nc(NCCC(O)COC)nc(N(C)C)n1. The van der Waals surface area contributed by atoms with Crippen LogP contribution in [0.25, 0.3) is 0 Å². The van der Waals surface area contributed by atoms with Crippen molar-refractivity contribution < 1.29 is 9.84 Å². The van der Waals surface area contributed by atoms with Crippen molar-refractivity contribution in [2.75, 3.05) is 56.4 Å². The molecule has 1 heterocycles. The summed E-state index contributed by atoms with van der Waals surface area (Å²) in [4.78, 5) is 14.8. The third-order valence-electron chi connectivity index (χ3n) is 2.68. The molecular weight excluding hydrogens is 272 g/mol. The minimum Gasteiger partial charge on any atom is -0.391 e. The Hall–Kier alpha value is -1.67. The van der Waals surface area contributed by atoms with E-state index in [1.54, 1.807) is 7.11 Å². The number of methoxy groups -OCH3 is 1. The lowest BCUT2D eigenvalue weighted by Crippen LogP contribution is -2.21. The van der Waals surface area contributed by atoms with Gasteiger partial charge in [-0.05, 0) is 12.8 Å². The molecule has 0 saturated carbocycles. The first kappa shape index (κ1) is 17.4. The summed E-state index contributed by atoms with van der Waals surface area (Å²) in [5.41, 5.74) is 0. The number of aliphatic hydroxyl groups is 1. The lowest BCUT2D eigenvalue weighted by molar-refractivity contribution is 0.0615. The van der Waals surface area contributed by atoms with E-state index in [1.165, 1.54) is 0 Å². The van der Waals surface area contributed by atoms with Crippen LogP contribution in [-0.4, -0.2) is 67.1 Å². The molecule has 1 rings (SSSR count). The average Bonchev–Trinajstić information content (AvgIpc) is 2.45. The summed E-state index contributed by atoms with van der Waals surface area (Å²) in [6.45, 7) is 3.78. The van der Waals surface area contributed by atoms with E-state index in [-0.39, 0.29) is 0 Å². The zero-order valence-corrected chi connectivity index (χ0v) is 13.3. The van der Waals surface area contributed by atoms with Crippen LogP contribution in [-0.2, 0) is 4.74 Å². The number of nitrogens with one attached hydrogen (secondary N) is 2. The predicted molar refractivity (Wildman–Crippen MR) is 83.9 cm³/mol. The molecule has 1 atom stereocenters. The Balaban J connectivity index is 2.64. The van der Waals surface area contributed by atoms with Crippen molar-refractivity contribution in [3.8, 4) is 0 Å². The fraction of sp³-hybridized carbons (Fsp3) is 0.769. The van der Waals surface area contributed by atoms with Crippen molar-refractivity contribution in [2.24, 2.45) is 0 Å². The highest BCUT2D eigenvalue weighted by atomic mass is 16.5. The van der Waals surface area contributed by atoms with E-state index in [0.717, 1.165) is 13.0 Å². The van der Waals surface area contributed by atoms with Crippen molar-refractivity contribution in [3.63, 3.8) is 0 Å². The summed E-state index contributed by atoms with van der Waals surface area (Å²) in [6.07, 6.45) is 1.07. The molecule has 0 fully saturated rings. The van der Waals surface area contributed by atoms with Crippen LogP contribution in [0.3, 0.4) is 0 Å². The molecular formula is C13H26N6O2. The van der Waals surface area contributed by atoms with Gasteiger partial charge in [-0.15, -0.1) is 0 Å². The van der Waals surface area contributed by atoms with Gasteiger partial charge < -0.3 is 25.4 Å². The Labute approximate surface area is 126 Å². The van der Waals surface area contributed by atoms with Crippen molar-refractivity contribution in [3.05, 3.63) is 0 Å². The third kappa shape index (κ3) is 6.54. The minimum absolute atomic E-state index is 0.325. The van der Waals surface area contributed by atoms with Crippen molar-refractivity contribution in [1.82, 2.24) is 15.0 Å². The van der Waals surface area contributed by atoms with Crippen LogP contribution < -0.4 is 15.5 Å². The normalized spacial score (nSPS) is 12.0. The Kier molecular flexibility index (Phi) is 7.70. The number of aliphatic hydroxyl groups excluding tert-OH is 1. The van der Waals surface area contributed by atoms with Crippen molar-refractivity contribution in [1.29, 1.82) is 0 Å². The molecule has 0 spiro atoms. The molecule has 0 radical (unpaired) electrons. The molecule has 21 heavy (non-hydrogen) atoms. The highest BCUT2D eigenvalue weighted by Gasteiger charge is 2.08. The van der Waals surface area contributed by atoms with Gasteiger partial charge in [0, 0.05) is 34.3 Å². The second-order valence-electron chi connectivity index (χ2n) is 4.93. The molecule has 8 nitrogen and oxygen atoms in total.